The molecule has 0 saturated carbocycles. The average molecular weight is 528 g/mol. The predicted molar refractivity (Wildman–Crippen MR) is 151 cm³/mol. The van der Waals surface area contributed by atoms with E-state index in [9.17, 15) is 9.59 Å². The Morgan fingerprint density at radius 2 is 1.71 bits per heavy atom. The first-order valence-electron chi connectivity index (χ1n) is 13.3. The Hall–Kier alpha value is -3.71. The molecule has 1 fully saturated rings. The summed E-state index contributed by atoms with van der Waals surface area (Å²) in [4.78, 5) is 32.7. The molecule has 4 aromatic rings. The second-order valence-corrected chi connectivity index (χ2v) is 10.5. The Kier molecular flexibility index (Phi) is 8.03. The molecular weight excluding hydrogens is 494 g/mol. The summed E-state index contributed by atoms with van der Waals surface area (Å²) in [6, 6.07) is 22.6. The predicted octanol–water partition coefficient (Wildman–Crippen LogP) is 6.25. The molecule has 38 heavy (non-hydrogen) atoms. The highest BCUT2D eigenvalue weighted by Gasteiger charge is 2.30. The minimum Gasteiger partial charge on any atom is -0.466 e. The molecule has 0 spiro atoms. The van der Waals surface area contributed by atoms with Crippen LogP contribution in [-0.4, -0.2) is 46.0 Å². The maximum absolute atomic E-state index is 13.7. The fourth-order valence-corrected chi connectivity index (χ4v) is 5.92. The van der Waals surface area contributed by atoms with Gasteiger partial charge in [-0.3, -0.25) is 9.59 Å². The van der Waals surface area contributed by atoms with Crippen LogP contribution in [0.25, 0.3) is 22.0 Å². The Balaban J connectivity index is 1.42. The number of piperidine rings is 1. The van der Waals surface area contributed by atoms with Gasteiger partial charge in [0.1, 0.15) is 5.01 Å². The average Bonchev–Trinajstić information content (AvgIpc) is 3.58. The molecule has 1 saturated heterocycles. The molecule has 196 valence electrons. The number of hydrogen-bond acceptors (Lipinski definition) is 5. The van der Waals surface area contributed by atoms with Crippen LogP contribution in [0.15, 0.2) is 72.1 Å². The van der Waals surface area contributed by atoms with Gasteiger partial charge in [0, 0.05) is 36.3 Å². The number of esters is 1. The fraction of sp³-hybridized carbons (Fsp3) is 0.323. The molecule has 5 rings (SSSR count). The molecule has 0 N–H and O–H groups in total. The first-order valence-corrected chi connectivity index (χ1v) is 14.1. The van der Waals surface area contributed by atoms with Gasteiger partial charge in [-0.15, -0.1) is 11.3 Å². The van der Waals surface area contributed by atoms with E-state index in [0.29, 0.717) is 38.1 Å². The lowest BCUT2D eigenvalue weighted by atomic mass is 9.96. The summed E-state index contributed by atoms with van der Waals surface area (Å²) in [5, 5.41) is 3.04. The molecule has 0 unspecified atom stereocenters. The van der Waals surface area contributed by atoms with Crippen molar-refractivity contribution in [1.29, 1.82) is 0 Å². The first kappa shape index (κ1) is 25.9. The summed E-state index contributed by atoms with van der Waals surface area (Å²) >= 11 is 1.62. The van der Waals surface area contributed by atoms with Crippen LogP contribution in [0.4, 0.5) is 0 Å². The van der Waals surface area contributed by atoms with Crippen molar-refractivity contribution in [3.8, 4) is 22.0 Å². The van der Waals surface area contributed by atoms with Crippen LogP contribution < -0.4 is 0 Å². The van der Waals surface area contributed by atoms with Gasteiger partial charge >= 0.3 is 5.97 Å². The molecular formula is C31H33N3O3S. The van der Waals surface area contributed by atoms with E-state index in [-0.39, 0.29) is 17.8 Å². The van der Waals surface area contributed by atoms with Crippen molar-refractivity contribution in [3.63, 3.8) is 0 Å². The zero-order valence-corrected chi connectivity index (χ0v) is 22.7. The van der Waals surface area contributed by atoms with E-state index in [1.54, 1.807) is 11.3 Å². The molecule has 0 radical (unpaired) electrons. The number of rotatable bonds is 8. The lowest BCUT2D eigenvalue weighted by molar-refractivity contribution is -0.149. The van der Waals surface area contributed by atoms with E-state index >= 15 is 0 Å². The first-order chi connectivity index (χ1) is 18.5. The van der Waals surface area contributed by atoms with Crippen LogP contribution in [0.2, 0.25) is 0 Å². The second-order valence-electron chi connectivity index (χ2n) is 9.64. The number of aromatic nitrogens is 2. The summed E-state index contributed by atoms with van der Waals surface area (Å²) in [6.45, 7) is 6.10. The maximum atomic E-state index is 13.7. The van der Waals surface area contributed by atoms with Crippen molar-refractivity contribution in [3.05, 3.63) is 88.9 Å². The van der Waals surface area contributed by atoms with E-state index in [2.05, 4.69) is 46.3 Å². The van der Waals surface area contributed by atoms with Crippen LogP contribution in [0, 0.1) is 12.8 Å². The van der Waals surface area contributed by atoms with Crippen LogP contribution in [0.3, 0.4) is 0 Å². The van der Waals surface area contributed by atoms with Crippen molar-refractivity contribution in [2.75, 3.05) is 19.7 Å². The zero-order chi connectivity index (χ0) is 26.5. The van der Waals surface area contributed by atoms with Gasteiger partial charge in [0.2, 0.25) is 0 Å². The Labute approximate surface area is 227 Å². The highest BCUT2D eigenvalue weighted by atomic mass is 32.1. The Bertz CT molecular complexity index is 1390. The SMILES string of the molecule is CCOC(=O)C1CCN(C(=O)c2cc(-c3csc(-c4ccccc4)n3)n(CCc3ccccc3)c2C)CC1. The third-order valence-corrected chi connectivity index (χ3v) is 8.14. The topological polar surface area (TPSA) is 64.4 Å². The summed E-state index contributed by atoms with van der Waals surface area (Å²) in [7, 11) is 0. The second kappa shape index (κ2) is 11.8. The van der Waals surface area contributed by atoms with E-state index in [0.717, 1.165) is 40.6 Å². The molecule has 0 aliphatic carbocycles. The van der Waals surface area contributed by atoms with Gasteiger partial charge < -0.3 is 14.2 Å². The molecule has 3 heterocycles. The van der Waals surface area contributed by atoms with Crippen LogP contribution in [0.1, 0.15) is 41.4 Å². The van der Waals surface area contributed by atoms with E-state index in [4.69, 9.17) is 9.72 Å². The minimum atomic E-state index is -0.150. The van der Waals surface area contributed by atoms with E-state index in [1.165, 1.54) is 5.56 Å². The molecule has 1 amide bonds. The van der Waals surface area contributed by atoms with Crippen molar-refractivity contribution in [2.24, 2.45) is 5.92 Å². The fourth-order valence-electron chi connectivity index (χ4n) is 5.10. The lowest BCUT2D eigenvalue weighted by Gasteiger charge is -2.31. The van der Waals surface area contributed by atoms with Gasteiger partial charge in [-0.1, -0.05) is 60.7 Å². The van der Waals surface area contributed by atoms with Crippen LogP contribution in [0.5, 0.6) is 0 Å². The number of ether oxygens (including phenoxy) is 1. The molecule has 1 aliphatic rings. The summed E-state index contributed by atoms with van der Waals surface area (Å²) in [6.07, 6.45) is 2.13. The highest BCUT2D eigenvalue weighted by Crippen LogP contribution is 2.32. The van der Waals surface area contributed by atoms with Gasteiger partial charge in [-0.05, 0) is 44.7 Å². The Morgan fingerprint density at radius 1 is 1.03 bits per heavy atom. The molecule has 0 bridgehead atoms. The summed E-state index contributed by atoms with van der Waals surface area (Å²) < 4.78 is 7.43. The van der Waals surface area contributed by atoms with Crippen molar-refractivity contribution in [2.45, 2.75) is 39.7 Å². The number of carbonyl (C=O) groups is 2. The number of nitrogens with zero attached hydrogens (tertiary/aromatic N) is 3. The minimum absolute atomic E-state index is 0.0167. The third kappa shape index (κ3) is 5.58. The summed E-state index contributed by atoms with van der Waals surface area (Å²) in [5.41, 5.74) is 5.83. The molecule has 0 atom stereocenters. The van der Waals surface area contributed by atoms with Crippen molar-refractivity contribution in [1.82, 2.24) is 14.5 Å². The Morgan fingerprint density at radius 3 is 2.39 bits per heavy atom. The summed E-state index contributed by atoms with van der Waals surface area (Å²) in [5.74, 6) is -0.261. The zero-order valence-electron chi connectivity index (χ0n) is 21.9. The standard InChI is InChI=1S/C31H33N3O3S/c1-3-37-31(36)25-15-17-33(18-16-25)30(35)26-20-28(27-21-38-29(32-27)24-12-8-5-9-13-24)34(22(26)2)19-14-23-10-6-4-7-11-23/h4-13,20-21,25H,3,14-19H2,1-2H3. The van der Waals surface area contributed by atoms with Gasteiger partial charge in [0.15, 0.2) is 0 Å². The number of thiazole rings is 1. The number of hydrogen-bond donors (Lipinski definition) is 0. The monoisotopic (exact) mass is 527 g/mol. The number of benzene rings is 2. The number of likely N-dealkylation sites (tertiary alicyclic amines) is 1. The largest absolute Gasteiger partial charge is 0.466 e. The van der Waals surface area contributed by atoms with Gasteiger partial charge in [0.25, 0.3) is 5.91 Å². The van der Waals surface area contributed by atoms with E-state index < -0.39 is 0 Å². The molecule has 2 aromatic carbocycles. The molecule has 6 nitrogen and oxygen atoms in total. The van der Waals surface area contributed by atoms with Gasteiger partial charge in [-0.25, -0.2) is 4.98 Å². The molecule has 7 heteroatoms. The quantitative estimate of drug-likeness (QED) is 0.254. The lowest BCUT2D eigenvalue weighted by Crippen LogP contribution is -2.40. The van der Waals surface area contributed by atoms with Crippen molar-refractivity contribution >= 4 is 23.2 Å². The van der Waals surface area contributed by atoms with E-state index in [1.807, 2.05) is 49.1 Å². The molecule has 2 aromatic heterocycles. The number of amides is 1. The smallest absolute Gasteiger partial charge is 0.309 e. The highest BCUT2D eigenvalue weighted by molar-refractivity contribution is 7.13. The van der Waals surface area contributed by atoms with Crippen molar-refractivity contribution < 1.29 is 14.3 Å². The molecule has 1 aliphatic heterocycles. The van der Waals surface area contributed by atoms with Crippen LogP contribution >= 0.6 is 11.3 Å². The maximum Gasteiger partial charge on any atom is 0.309 e. The normalized spacial score (nSPS) is 14.0. The van der Waals surface area contributed by atoms with Gasteiger partial charge in [-0.2, -0.15) is 0 Å². The van der Waals surface area contributed by atoms with Gasteiger partial charge in [0.05, 0.1) is 29.5 Å². The number of aryl methyl sites for hydroxylation is 1. The van der Waals surface area contributed by atoms with Crippen LogP contribution in [-0.2, 0) is 22.5 Å². The number of carbonyl (C=O) groups excluding carboxylic acids is 2. The third-order valence-electron chi connectivity index (χ3n) is 7.25.